The average Bonchev–Trinajstić information content (AvgIpc) is 2.99. The van der Waals surface area contributed by atoms with Crippen LogP contribution in [0.4, 0.5) is 5.69 Å². The smallest absolute Gasteiger partial charge is 0.338 e. The molecule has 1 N–H and O–H groups in total. The van der Waals surface area contributed by atoms with Crippen molar-refractivity contribution in [2.24, 2.45) is 0 Å². The third-order valence-electron chi connectivity index (χ3n) is 6.52. The second-order valence-corrected chi connectivity index (χ2v) is 9.58. The third kappa shape index (κ3) is 6.33. The molecule has 1 heterocycles. The van der Waals surface area contributed by atoms with Crippen LogP contribution >= 0.6 is 0 Å². The number of nitrogens with zero attached hydrogens (tertiary/aromatic N) is 2. The van der Waals surface area contributed by atoms with Crippen molar-refractivity contribution in [1.29, 1.82) is 0 Å². The van der Waals surface area contributed by atoms with Gasteiger partial charge in [-0.3, -0.25) is 4.79 Å². The Morgan fingerprint density at radius 1 is 0.683 bits per heavy atom. The first-order valence-corrected chi connectivity index (χ1v) is 13.0. The molecular formula is C33H29N3O5. The molecule has 0 atom stereocenters. The molecule has 0 bridgehead atoms. The predicted molar refractivity (Wildman–Crippen MR) is 158 cm³/mol. The first-order valence-electron chi connectivity index (χ1n) is 13.0. The monoisotopic (exact) mass is 547 g/mol. The molecule has 1 amide bonds. The van der Waals surface area contributed by atoms with E-state index in [1.807, 2.05) is 62.4 Å². The number of carbonyl (C=O) groups is 2. The van der Waals surface area contributed by atoms with Gasteiger partial charge in [0.05, 0.1) is 42.2 Å². The minimum atomic E-state index is -0.647. The van der Waals surface area contributed by atoms with Gasteiger partial charge in [-0.1, -0.05) is 59.7 Å². The van der Waals surface area contributed by atoms with Gasteiger partial charge in [0.25, 0.3) is 5.91 Å². The van der Waals surface area contributed by atoms with E-state index in [-0.39, 0.29) is 5.56 Å². The van der Waals surface area contributed by atoms with Crippen molar-refractivity contribution in [2.75, 3.05) is 26.1 Å². The molecule has 0 unspecified atom stereocenters. The summed E-state index contributed by atoms with van der Waals surface area (Å²) in [7, 11) is 3.03. The summed E-state index contributed by atoms with van der Waals surface area (Å²) in [6, 6.07) is 26.2. The van der Waals surface area contributed by atoms with E-state index >= 15 is 0 Å². The van der Waals surface area contributed by atoms with Gasteiger partial charge >= 0.3 is 5.97 Å². The van der Waals surface area contributed by atoms with Crippen molar-refractivity contribution in [1.82, 2.24) is 9.97 Å². The Balaban J connectivity index is 1.39. The van der Waals surface area contributed by atoms with Gasteiger partial charge in [0, 0.05) is 35.0 Å². The van der Waals surface area contributed by atoms with Crippen LogP contribution in [0.3, 0.4) is 0 Å². The van der Waals surface area contributed by atoms with Crippen LogP contribution in [0.5, 0.6) is 11.5 Å². The quantitative estimate of drug-likeness (QED) is 0.225. The largest absolute Gasteiger partial charge is 0.497 e. The lowest BCUT2D eigenvalue weighted by atomic mass is 10.0. The molecule has 0 spiro atoms. The molecule has 0 radical (unpaired) electrons. The summed E-state index contributed by atoms with van der Waals surface area (Å²) >= 11 is 0. The van der Waals surface area contributed by atoms with E-state index in [0.717, 1.165) is 27.9 Å². The standard InChI is InChI=1S/C33H29N3O5/c1-20-5-9-22(10-6-20)31-32(23-11-7-21(2)8-12-23)36-29-15-24(13-14-28(29)35-31)33(38)41-19-30(37)34-25-16-26(39-3)18-27(17-25)40-4/h5-18H,19H2,1-4H3,(H,34,37). The number of hydrogen-bond acceptors (Lipinski definition) is 7. The zero-order chi connectivity index (χ0) is 28.9. The maximum Gasteiger partial charge on any atom is 0.338 e. The molecule has 0 saturated carbocycles. The molecule has 4 aromatic carbocycles. The minimum absolute atomic E-state index is 0.264. The number of carbonyl (C=O) groups excluding carboxylic acids is 2. The number of hydrogen-bond donors (Lipinski definition) is 1. The number of ether oxygens (including phenoxy) is 3. The Labute approximate surface area is 237 Å². The number of methoxy groups -OCH3 is 2. The van der Waals surface area contributed by atoms with Crippen LogP contribution in [0.15, 0.2) is 84.9 Å². The van der Waals surface area contributed by atoms with Gasteiger partial charge in [-0.25, -0.2) is 14.8 Å². The van der Waals surface area contributed by atoms with Crippen LogP contribution in [0, 0.1) is 13.8 Å². The summed E-state index contributed by atoms with van der Waals surface area (Å²) in [6.45, 7) is 3.60. The van der Waals surface area contributed by atoms with Gasteiger partial charge in [0.1, 0.15) is 11.5 Å². The van der Waals surface area contributed by atoms with Crippen molar-refractivity contribution >= 4 is 28.6 Å². The second kappa shape index (κ2) is 11.9. The topological polar surface area (TPSA) is 99.6 Å². The van der Waals surface area contributed by atoms with E-state index in [4.69, 9.17) is 24.2 Å². The normalized spacial score (nSPS) is 10.7. The minimum Gasteiger partial charge on any atom is -0.497 e. The van der Waals surface area contributed by atoms with E-state index in [0.29, 0.717) is 33.9 Å². The van der Waals surface area contributed by atoms with Crippen molar-refractivity contribution in [3.63, 3.8) is 0 Å². The van der Waals surface area contributed by atoms with E-state index in [1.54, 1.807) is 36.4 Å². The number of esters is 1. The van der Waals surface area contributed by atoms with Gasteiger partial charge in [-0.15, -0.1) is 0 Å². The van der Waals surface area contributed by atoms with Crippen LogP contribution in [0.25, 0.3) is 33.5 Å². The second-order valence-electron chi connectivity index (χ2n) is 9.58. The highest BCUT2D eigenvalue weighted by Gasteiger charge is 2.17. The molecule has 5 rings (SSSR count). The molecule has 0 aliphatic carbocycles. The first kappa shape index (κ1) is 27.3. The first-order chi connectivity index (χ1) is 19.8. The lowest BCUT2D eigenvalue weighted by molar-refractivity contribution is -0.119. The molecule has 8 heteroatoms. The number of anilines is 1. The third-order valence-corrected chi connectivity index (χ3v) is 6.52. The molecule has 0 aliphatic heterocycles. The number of aromatic nitrogens is 2. The molecule has 5 aromatic rings. The molecule has 206 valence electrons. The molecule has 8 nitrogen and oxygen atoms in total. The molecule has 1 aromatic heterocycles. The summed E-state index contributed by atoms with van der Waals surface area (Å²) in [6.07, 6.45) is 0. The van der Waals surface area contributed by atoms with E-state index in [9.17, 15) is 9.59 Å². The molecule has 41 heavy (non-hydrogen) atoms. The summed E-state index contributed by atoms with van der Waals surface area (Å²) in [5.41, 5.74) is 7.51. The summed E-state index contributed by atoms with van der Waals surface area (Å²) < 4.78 is 15.7. The summed E-state index contributed by atoms with van der Waals surface area (Å²) in [5.74, 6) is -0.112. The van der Waals surface area contributed by atoms with Crippen molar-refractivity contribution in [2.45, 2.75) is 13.8 Å². The molecule has 0 fully saturated rings. The molecule has 0 saturated heterocycles. The Morgan fingerprint density at radius 2 is 1.22 bits per heavy atom. The zero-order valence-corrected chi connectivity index (χ0v) is 23.2. The SMILES string of the molecule is COc1cc(NC(=O)COC(=O)c2ccc3nc(-c4ccc(C)cc4)c(-c4ccc(C)cc4)nc3c2)cc(OC)c1. The van der Waals surface area contributed by atoms with Crippen LogP contribution in [-0.2, 0) is 9.53 Å². The highest BCUT2D eigenvalue weighted by molar-refractivity contribution is 5.98. The van der Waals surface area contributed by atoms with Gasteiger partial charge in [0.15, 0.2) is 6.61 Å². The van der Waals surface area contributed by atoms with Gasteiger partial charge in [-0.2, -0.15) is 0 Å². The number of amides is 1. The van der Waals surface area contributed by atoms with Gasteiger partial charge in [0.2, 0.25) is 0 Å². The van der Waals surface area contributed by atoms with Crippen LogP contribution in [0.2, 0.25) is 0 Å². The fourth-order valence-corrected chi connectivity index (χ4v) is 4.30. The highest BCUT2D eigenvalue weighted by atomic mass is 16.5. The maximum absolute atomic E-state index is 12.9. The highest BCUT2D eigenvalue weighted by Crippen LogP contribution is 2.32. The van der Waals surface area contributed by atoms with Crippen LogP contribution < -0.4 is 14.8 Å². The number of fused-ring (bicyclic) bond motifs is 1. The molecular weight excluding hydrogens is 518 g/mol. The van der Waals surface area contributed by atoms with Gasteiger partial charge < -0.3 is 19.5 Å². The number of rotatable bonds is 8. The predicted octanol–water partition coefficient (Wildman–Crippen LogP) is 6.39. The molecule has 0 aliphatic rings. The van der Waals surface area contributed by atoms with E-state index in [2.05, 4.69) is 5.32 Å². The Kier molecular flexibility index (Phi) is 7.92. The number of aryl methyl sites for hydroxylation is 2. The fourth-order valence-electron chi connectivity index (χ4n) is 4.30. The van der Waals surface area contributed by atoms with Gasteiger partial charge in [-0.05, 0) is 32.0 Å². The van der Waals surface area contributed by atoms with Crippen LogP contribution in [0.1, 0.15) is 21.5 Å². The van der Waals surface area contributed by atoms with Crippen LogP contribution in [-0.4, -0.2) is 42.7 Å². The Hall–Kier alpha value is -5.24. The Morgan fingerprint density at radius 3 is 1.76 bits per heavy atom. The van der Waals surface area contributed by atoms with Crippen molar-refractivity contribution in [3.8, 4) is 34.0 Å². The Bertz CT molecular complexity index is 1710. The zero-order valence-electron chi connectivity index (χ0n) is 23.2. The summed E-state index contributed by atoms with van der Waals surface area (Å²) in [5, 5.41) is 2.68. The average molecular weight is 548 g/mol. The van der Waals surface area contributed by atoms with E-state index < -0.39 is 18.5 Å². The van der Waals surface area contributed by atoms with Crippen molar-refractivity contribution in [3.05, 3.63) is 102 Å². The number of nitrogens with one attached hydrogen (secondary N) is 1. The van der Waals surface area contributed by atoms with E-state index in [1.165, 1.54) is 14.2 Å². The fraction of sp³-hybridized carbons (Fsp3) is 0.152. The maximum atomic E-state index is 12.9. The summed E-state index contributed by atoms with van der Waals surface area (Å²) in [4.78, 5) is 35.2. The lowest BCUT2D eigenvalue weighted by Crippen LogP contribution is -2.21. The lowest BCUT2D eigenvalue weighted by Gasteiger charge is -2.12. The van der Waals surface area contributed by atoms with Crippen molar-refractivity contribution < 1.29 is 23.8 Å². The number of benzene rings is 4.